The first-order valence-corrected chi connectivity index (χ1v) is 6.14. The zero-order valence-corrected chi connectivity index (χ0v) is 10.1. The number of aryl methyl sites for hydroxylation is 1. The third kappa shape index (κ3) is 3.87. The number of aliphatic carboxylic acids is 1. The van der Waals surface area contributed by atoms with Crippen LogP contribution in [0.5, 0.6) is 0 Å². The van der Waals surface area contributed by atoms with Crippen LogP contribution in [-0.2, 0) is 16.1 Å². The Balaban J connectivity index is 1.76. The minimum atomic E-state index is -0.862. The molecule has 1 aliphatic carbocycles. The molecule has 2 N–H and O–H groups in total. The van der Waals surface area contributed by atoms with Crippen LogP contribution in [-0.4, -0.2) is 32.8 Å². The zero-order chi connectivity index (χ0) is 13.0. The Morgan fingerprint density at radius 3 is 2.83 bits per heavy atom. The van der Waals surface area contributed by atoms with Crippen molar-refractivity contribution in [2.45, 2.75) is 38.3 Å². The van der Waals surface area contributed by atoms with Crippen molar-refractivity contribution >= 4 is 11.9 Å². The van der Waals surface area contributed by atoms with Gasteiger partial charge in [0, 0.05) is 31.4 Å². The Hall–Kier alpha value is -1.85. The van der Waals surface area contributed by atoms with Gasteiger partial charge in [0.05, 0.1) is 6.42 Å². The van der Waals surface area contributed by atoms with E-state index in [0.717, 1.165) is 12.8 Å². The highest BCUT2D eigenvalue weighted by molar-refractivity contribution is 5.77. The summed E-state index contributed by atoms with van der Waals surface area (Å²) >= 11 is 0. The number of hydrogen-bond donors (Lipinski definition) is 2. The SMILES string of the molecule is O=C(O)CC(NC(=O)CCn1cccn1)C1CC1. The lowest BCUT2D eigenvalue weighted by Gasteiger charge is -2.16. The van der Waals surface area contributed by atoms with Crippen LogP contribution in [0.1, 0.15) is 25.7 Å². The fourth-order valence-corrected chi connectivity index (χ4v) is 1.95. The van der Waals surface area contributed by atoms with Gasteiger partial charge in [0.2, 0.25) is 5.91 Å². The van der Waals surface area contributed by atoms with Crippen molar-refractivity contribution in [1.82, 2.24) is 15.1 Å². The maximum absolute atomic E-state index is 11.7. The molecule has 0 bridgehead atoms. The maximum Gasteiger partial charge on any atom is 0.305 e. The first-order chi connectivity index (χ1) is 8.65. The number of carboxylic acids is 1. The largest absolute Gasteiger partial charge is 0.481 e. The topological polar surface area (TPSA) is 84.2 Å². The lowest BCUT2D eigenvalue weighted by atomic mass is 10.1. The Kier molecular flexibility index (Phi) is 3.96. The number of carboxylic acid groups (broad SMARTS) is 1. The molecule has 1 amide bonds. The van der Waals surface area contributed by atoms with E-state index in [4.69, 9.17) is 5.11 Å². The molecule has 1 atom stereocenters. The summed E-state index contributed by atoms with van der Waals surface area (Å²) in [5.41, 5.74) is 0. The van der Waals surface area contributed by atoms with Gasteiger partial charge in [-0.3, -0.25) is 14.3 Å². The number of carbonyl (C=O) groups excluding carboxylic acids is 1. The molecule has 18 heavy (non-hydrogen) atoms. The van der Waals surface area contributed by atoms with E-state index >= 15 is 0 Å². The molecule has 6 heteroatoms. The van der Waals surface area contributed by atoms with E-state index in [1.54, 1.807) is 23.1 Å². The summed E-state index contributed by atoms with van der Waals surface area (Å²) < 4.78 is 1.68. The molecular weight excluding hydrogens is 234 g/mol. The van der Waals surface area contributed by atoms with Crippen LogP contribution in [0.15, 0.2) is 18.5 Å². The smallest absolute Gasteiger partial charge is 0.305 e. The molecule has 0 saturated heterocycles. The van der Waals surface area contributed by atoms with E-state index in [9.17, 15) is 9.59 Å². The van der Waals surface area contributed by atoms with Crippen molar-refractivity contribution in [1.29, 1.82) is 0 Å². The van der Waals surface area contributed by atoms with E-state index in [1.165, 1.54) is 0 Å². The molecule has 1 aromatic heterocycles. The maximum atomic E-state index is 11.7. The van der Waals surface area contributed by atoms with Crippen LogP contribution < -0.4 is 5.32 Å². The Bertz CT molecular complexity index is 412. The van der Waals surface area contributed by atoms with Crippen molar-refractivity contribution in [3.05, 3.63) is 18.5 Å². The fraction of sp³-hybridized carbons (Fsp3) is 0.583. The summed E-state index contributed by atoms with van der Waals surface area (Å²) in [6.07, 6.45) is 5.82. The monoisotopic (exact) mass is 251 g/mol. The van der Waals surface area contributed by atoms with Crippen molar-refractivity contribution in [3.8, 4) is 0 Å². The van der Waals surface area contributed by atoms with Crippen LogP contribution in [0, 0.1) is 5.92 Å². The van der Waals surface area contributed by atoms with Gasteiger partial charge < -0.3 is 10.4 Å². The minimum Gasteiger partial charge on any atom is -0.481 e. The van der Waals surface area contributed by atoms with E-state index in [0.29, 0.717) is 18.9 Å². The molecule has 0 aliphatic heterocycles. The van der Waals surface area contributed by atoms with Crippen molar-refractivity contribution in [2.24, 2.45) is 5.92 Å². The molecule has 1 saturated carbocycles. The van der Waals surface area contributed by atoms with Gasteiger partial charge in [0.25, 0.3) is 0 Å². The number of nitrogens with zero attached hydrogens (tertiary/aromatic N) is 2. The zero-order valence-electron chi connectivity index (χ0n) is 10.1. The van der Waals surface area contributed by atoms with Crippen molar-refractivity contribution in [3.63, 3.8) is 0 Å². The van der Waals surface area contributed by atoms with Gasteiger partial charge >= 0.3 is 5.97 Å². The highest BCUT2D eigenvalue weighted by Crippen LogP contribution is 2.34. The van der Waals surface area contributed by atoms with Crippen LogP contribution in [0.2, 0.25) is 0 Å². The molecule has 1 unspecified atom stereocenters. The van der Waals surface area contributed by atoms with Crippen molar-refractivity contribution < 1.29 is 14.7 Å². The fourth-order valence-electron chi connectivity index (χ4n) is 1.95. The summed E-state index contributed by atoms with van der Waals surface area (Å²) in [5, 5.41) is 15.6. The van der Waals surface area contributed by atoms with Crippen LogP contribution >= 0.6 is 0 Å². The van der Waals surface area contributed by atoms with Gasteiger partial charge in [-0.15, -0.1) is 0 Å². The third-order valence-electron chi connectivity index (χ3n) is 3.06. The number of hydrogen-bond acceptors (Lipinski definition) is 3. The average Bonchev–Trinajstić information content (AvgIpc) is 3.02. The number of aromatic nitrogens is 2. The summed E-state index contributed by atoms with van der Waals surface area (Å²) in [6.45, 7) is 0.517. The second kappa shape index (κ2) is 5.66. The molecule has 1 heterocycles. The number of rotatable bonds is 7. The van der Waals surface area contributed by atoms with Gasteiger partial charge in [-0.2, -0.15) is 5.10 Å². The number of nitrogens with one attached hydrogen (secondary N) is 1. The molecule has 6 nitrogen and oxygen atoms in total. The first-order valence-electron chi connectivity index (χ1n) is 6.14. The van der Waals surface area contributed by atoms with Crippen molar-refractivity contribution in [2.75, 3.05) is 0 Å². The lowest BCUT2D eigenvalue weighted by Crippen LogP contribution is -2.38. The van der Waals surface area contributed by atoms with Gasteiger partial charge in [-0.25, -0.2) is 0 Å². The summed E-state index contributed by atoms with van der Waals surface area (Å²) in [5.74, 6) is -0.627. The second-order valence-corrected chi connectivity index (χ2v) is 4.63. The highest BCUT2D eigenvalue weighted by Gasteiger charge is 2.33. The van der Waals surface area contributed by atoms with E-state index in [1.807, 2.05) is 0 Å². The molecule has 98 valence electrons. The molecular formula is C12H17N3O3. The molecule has 0 radical (unpaired) electrons. The van der Waals surface area contributed by atoms with Crippen LogP contribution in [0.3, 0.4) is 0 Å². The highest BCUT2D eigenvalue weighted by atomic mass is 16.4. The number of amides is 1. The standard InChI is InChI=1S/C12H17N3O3/c16-11(4-7-15-6-1-5-13-15)14-10(8-12(17)18)9-2-3-9/h1,5-6,9-10H,2-4,7-8H2,(H,14,16)(H,17,18). The first kappa shape index (κ1) is 12.6. The minimum absolute atomic E-state index is 0.0121. The lowest BCUT2D eigenvalue weighted by molar-refractivity contribution is -0.137. The molecule has 0 aromatic carbocycles. The predicted molar refractivity (Wildman–Crippen MR) is 63.8 cm³/mol. The van der Waals surface area contributed by atoms with Gasteiger partial charge in [-0.1, -0.05) is 0 Å². The quantitative estimate of drug-likeness (QED) is 0.745. The Morgan fingerprint density at radius 2 is 2.28 bits per heavy atom. The molecule has 1 fully saturated rings. The molecule has 1 aliphatic rings. The van der Waals surface area contributed by atoms with E-state index in [2.05, 4.69) is 10.4 Å². The van der Waals surface area contributed by atoms with E-state index in [-0.39, 0.29) is 18.4 Å². The molecule has 2 rings (SSSR count). The number of carbonyl (C=O) groups is 2. The van der Waals surface area contributed by atoms with Crippen LogP contribution in [0.4, 0.5) is 0 Å². The van der Waals surface area contributed by atoms with Gasteiger partial charge in [0.1, 0.15) is 0 Å². The Labute approximate surface area is 105 Å². The predicted octanol–water partition coefficient (Wildman–Crippen LogP) is 0.643. The summed E-state index contributed by atoms with van der Waals surface area (Å²) in [4.78, 5) is 22.4. The Morgan fingerprint density at radius 1 is 1.50 bits per heavy atom. The molecule has 1 aromatic rings. The average molecular weight is 251 g/mol. The van der Waals surface area contributed by atoms with Gasteiger partial charge in [0.15, 0.2) is 0 Å². The third-order valence-corrected chi connectivity index (χ3v) is 3.06. The second-order valence-electron chi connectivity index (χ2n) is 4.63. The van der Waals surface area contributed by atoms with Gasteiger partial charge in [-0.05, 0) is 24.8 Å². The molecule has 0 spiro atoms. The summed E-state index contributed by atoms with van der Waals surface area (Å²) in [6, 6.07) is 1.59. The van der Waals surface area contributed by atoms with Crippen LogP contribution in [0.25, 0.3) is 0 Å². The van der Waals surface area contributed by atoms with E-state index < -0.39 is 5.97 Å². The normalized spacial score (nSPS) is 16.2. The summed E-state index contributed by atoms with van der Waals surface area (Å²) in [7, 11) is 0.